The molecule has 0 saturated carbocycles. The molecule has 5 nitrogen and oxygen atoms in total. The number of alkyl halides is 2. The molecular formula is C11H21F2NO4. The van der Waals surface area contributed by atoms with E-state index in [1.165, 1.54) is 0 Å². The van der Waals surface area contributed by atoms with Gasteiger partial charge in [-0.2, -0.15) is 0 Å². The van der Waals surface area contributed by atoms with Crippen molar-refractivity contribution in [1.82, 2.24) is 5.32 Å². The monoisotopic (exact) mass is 269 g/mol. The van der Waals surface area contributed by atoms with Crippen LogP contribution in [0.5, 0.6) is 0 Å². The Morgan fingerprint density at radius 2 is 1.83 bits per heavy atom. The maximum Gasteiger partial charge on any atom is 0.407 e. The van der Waals surface area contributed by atoms with Crippen molar-refractivity contribution in [3.63, 3.8) is 0 Å². The van der Waals surface area contributed by atoms with Gasteiger partial charge in [-0.25, -0.2) is 13.6 Å². The number of rotatable bonds is 5. The number of aliphatic hydroxyl groups is 2. The number of amides is 1. The van der Waals surface area contributed by atoms with Crippen molar-refractivity contribution < 1.29 is 28.5 Å². The summed E-state index contributed by atoms with van der Waals surface area (Å²) in [5, 5.41) is 20.9. The van der Waals surface area contributed by atoms with Gasteiger partial charge in [0.2, 0.25) is 0 Å². The highest BCUT2D eigenvalue weighted by molar-refractivity contribution is 5.67. The molecule has 3 N–H and O–H groups in total. The fourth-order valence-electron chi connectivity index (χ4n) is 1.15. The van der Waals surface area contributed by atoms with Crippen molar-refractivity contribution >= 4 is 6.09 Å². The summed E-state index contributed by atoms with van der Waals surface area (Å²) in [6, 6.07) is 0. The third-order valence-corrected chi connectivity index (χ3v) is 2.00. The Kier molecular flexibility index (Phi) is 5.95. The van der Waals surface area contributed by atoms with Gasteiger partial charge in [-0.15, -0.1) is 0 Å². The molecule has 0 heterocycles. The molecule has 0 aliphatic rings. The summed E-state index contributed by atoms with van der Waals surface area (Å²) in [6.07, 6.45) is -5.53. The predicted molar refractivity (Wildman–Crippen MR) is 61.5 cm³/mol. The third kappa shape index (κ3) is 7.39. The Labute approximate surface area is 105 Å². The van der Waals surface area contributed by atoms with Crippen molar-refractivity contribution in [2.45, 2.75) is 57.8 Å². The van der Waals surface area contributed by atoms with Crippen LogP contribution in [-0.2, 0) is 4.74 Å². The van der Waals surface area contributed by atoms with Crippen LogP contribution in [0.1, 0.15) is 34.1 Å². The van der Waals surface area contributed by atoms with Crippen LogP contribution in [0.4, 0.5) is 13.6 Å². The fourth-order valence-corrected chi connectivity index (χ4v) is 1.15. The molecule has 0 bridgehead atoms. The van der Waals surface area contributed by atoms with E-state index in [2.05, 4.69) is 5.32 Å². The second-order valence-corrected chi connectivity index (χ2v) is 5.40. The minimum absolute atomic E-state index is 0.266. The normalized spacial score (nSPS) is 17.2. The van der Waals surface area contributed by atoms with E-state index in [0.29, 0.717) is 0 Å². The Bertz CT molecular complexity index is 277. The van der Waals surface area contributed by atoms with Crippen LogP contribution in [0.2, 0.25) is 0 Å². The highest BCUT2D eigenvalue weighted by atomic mass is 19.3. The van der Waals surface area contributed by atoms with Crippen LogP contribution < -0.4 is 5.32 Å². The number of aliphatic hydroxyl groups excluding tert-OH is 1. The highest BCUT2D eigenvalue weighted by Crippen LogP contribution is 2.20. The van der Waals surface area contributed by atoms with Gasteiger partial charge in [-0.05, 0) is 27.7 Å². The second-order valence-electron chi connectivity index (χ2n) is 5.40. The molecule has 0 radical (unpaired) electrons. The summed E-state index contributed by atoms with van der Waals surface area (Å²) < 4.78 is 29.5. The van der Waals surface area contributed by atoms with Crippen molar-refractivity contribution in [3.8, 4) is 0 Å². The molecule has 2 unspecified atom stereocenters. The summed E-state index contributed by atoms with van der Waals surface area (Å²) >= 11 is 0. The molecule has 108 valence electrons. The molecule has 0 aromatic carbocycles. The molecule has 0 saturated heterocycles. The van der Waals surface area contributed by atoms with E-state index in [4.69, 9.17) is 4.74 Å². The molecule has 2 atom stereocenters. The highest BCUT2D eigenvalue weighted by Gasteiger charge is 2.34. The summed E-state index contributed by atoms with van der Waals surface area (Å²) in [5.41, 5.74) is -2.96. The first-order valence-corrected chi connectivity index (χ1v) is 5.59. The van der Waals surface area contributed by atoms with E-state index < -0.39 is 36.2 Å². The molecule has 0 aromatic rings. The average molecular weight is 269 g/mol. The van der Waals surface area contributed by atoms with Crippen molar-refractivity contribution in [3.05, 3.63) is 0 Å². The van der Waals surface area contributed by atoms with Crippen LogP contribution in [0.25, 0.3) is 0 Å². The third-order valence-electron chi connectivity index (χ3n) is 2.00. The molecular weight excluding hydrogens is 248 g/mol. The van der Waals surface area contributed by atoms with E-state index in [-0.39, 0.29) is 6.54 Å². The Morgan fingerprint density at radius 3 is 2.22 bits per heavy atom. The van der Waals surface area contributed by atoms with Gasteiger partial charge in [-0.1, -0.05) is 0 Å². The van der Waals surface area contributed by atoms with E-state index in [1.54, 1.807) is 20.8 Å². The number of alkyl carbamates (subject to hydrolysis) is 1. The summed E-state index contributed by atoms with van der Waals surface area (Å²) in [5.74, 6) is 0. The van der Waals surface area contributed by atoms with Gasteiger partial charge in [0, 0.05) is 13.0 Å². The zero-order valence-electron chi connectivity index (χ0n) is 11.0. The molecule has 0 aliphatic carbocycles. The minimum Gasteiger partial charge on any atom is -0.444 e. The quantitative estimate of drug-likeness (QED) is 0.702. The molecule has 0 aliphatic heterocycles. The van der Waals surface area contributed by atoms with E-state index in [0.717, 1.165) is 6.92 Å². The second kappa shape index (κ2) is 6.29. The smallest absolute Gasteiger partial charge is 0.407 e. The van der Waals surface area contributed by atoms with Gasteiger partial charge in [0.1, 0.15) is 11.2 Å². The molecule has 0 rings (SSSR count). The zero-order valence-corrected chi connectivity index (χ0v) is 11.0. The first-order chi connectivity index (χ1) is 7.94. The van der Waals surface area contributed by atoms with Crippen LogP contribution in [-0.4, -0.2) is 46.6 Å². The number of hydrogen-bond donors (Lipinski definition) is 3. The van der Waals surface area contributed by atoms with Gasteiger partial charge in [0.25, 0.3) is 6.43 Å². The summed E-state index contributed by atoms with van der Waals surface area (Å²) in [6.45, 7) is 5.67. The lowest BCUT2D eigenvalue weighted by atomic mass is 9.99. The number of hydrogen-bond acceptors (Lipinski definition) is 4. The molecule has 0 aromatic heterocycles. The topological polar surface area (TPSA) is 78.8 Å². The maximum absolute atomic E-state index is 12.3. The van der Waals surface area contributed by atoms with Crippen LogP contribution in [0, 0.1) is 0 Å². The zero-order chi connectivity index (χ0) is 14.6. The molecule has 7 heteroatoms. The van der Waals surface area contributed by atoms with Gasteiger partial charge in [-0.3, -0.25) is 0 Å². The standard InChI is InChI=1S/C11H21F2NO4/c1-10(2,3)18-9(16)14-6-7(15)5-11(4,17)8(12)13/h7-8,15,17H,5-6H2,1-4H3,(H,14,16). The van der Waals surface area contributed by atoms with Crippen LogP contribution in [0.3, 0.4) is 0 Å². The van der Waals surface area contributed by atoms with Crippen molar-refractivity contribution in [1.29, 1.82) is 0 Å². The molecule has 18 heavy (non-hydrogen) atoms. The first kappa shape index (κ1) is 17.1. The minimum atomic E-state index is -2.96. The summed E-state index contributed by atoms with van der Waals surface area (Å²) in [7, 11) is 0. The number of carbonyl (C=O) groups excluding carboxylic acids is 1. The Morgan fingerprint density at radius 1 is 1.33 bits per heavy atom. The summed E-state index contributed by atoms with van der Waals surface area (Å²) in [4.78, 5) is 11.2. The van der Waals surface area contributed by atoms with Crippen molar-refractivity contribution in [2.75, 3.05) is 6.54 Å². The van der Waals surface area contributed by atoms with Crippen LogP contribution in [0.15, 0.2) is 0 Å². The lowest BCUT2D eigenvalue weighted by molar-refractivity contribution is -0.105. The molecule has 0 fully saturated rings. The van der Waals surface area contributed by atoms with E-state index in [1.807, 2.05) is 0 Å². The fraction of sp³-hybridized carbons (Fsp3) is 0.909. The van der Waals surface area contributed by atoms with E-state index in [9.17, 15) is 23.8 Å². The van der Waals surface area contributed by atoms with Gasteiger partial charge in [0.15, 0.2) is 0 Å². The first-order valence-electron chi connectivity index (χ1n) is 5.59. The SMILES string of the molecule is CC(C)(C)OC(=O)NCC(O)CC(C)(O)C(F)F. The molecule has 0 spiro atoms. The van der Waals surface area contributed by atoms with Gasteiger partial charge >= 0.3 is 6.09 Å². The number of ether oxygens (including phenoxy) is 1. The van der Waals surface area contributed by atoms with Gasteiger partial charge in [0.05, 0.1) is 6.10 Å². The Balaban J connectivity index is 4.05. The number of nitrogens with one attached hydrogen (secondary N) is 1. The van der Waals surface area contributed by atoms with Crippen LogP contribution >= 0.6 is 0 Å². The number of carbonyl (C=O) groups is 1. The molecule has 1 amide bonds. The Hall–Kier alpha value is -0.950. The lowest BCUT2D eigenvalue weighted by Gasteiger charge is -2.25. The lowest BCUT2D eigenvalue weighted by Crippen LogP contribution is -2.42. The maximum atomic E-state index is 12.3. The predicted octanol–water partition coefficient (Wildman–Crippen LogP) is 1.28. The van der Waals surface area contributed by atoms with E-state index >= 15 is 0 Å². The average Bonchev–Trinajstić information content (AvgIpc) is 2.11. The van der Waals surface area contributed by atoms with Gasteiger partial charge < -0.3 is 20.3 Å². The van der Waals surface area contributed by atoms with Crippen molar-refractivity contribution in [2.24, 2.45) is 0 Å². The number of halogens is 2. The largest absolute Gasteiger partial charge is 0.444 e.